The molecule has 0 saturated heterocycles. The molecular weight excluding hydrogens is 268 g/mol. The van der Waals surface area contributed by atoms with Gasteiger partial charge in [-0.25, -0.2) is 4.98 Å². The number of carbonyl (C=O) groups is 1. The van der Waals surface area contributed by atoms with Gasteiger partial charge in [0, 0.05) is 11.6 Å². The molecule has 0 aliphatic rings. The SMILES string of the molecule is Cc1ccc(C(=O)Nc2ccc3oc(C(C)C)nc3c2)o1. The summed E-state index contributed by atoms with van der Waals surface area (Å²) in [6, 6.07) is 8.78. The molecule has 2 heterocycles. The molecular formula is C16H16N2O3. The Kier molecular flexibility index (Phi) is 3.25. The molecule has 0 atom stereocenters. The van der Waals surface area contributed by atoms with Crippen LogP contribution < -0.4 is 5.32 Å². The Bertz CT molecular complexity index is 799. The van der Waals surface area contributed by atoms with Crippen molar-refractivity contribution in [3.8, 4) is 0 Å². The van der Waals surface area contributed by atoms with Crippen molar-refractivity contribution in [2.45, 2.75) is 26.7 Å². The molecule has 3 rings (SSSR count). The number of hydrogen-bond acceptors (Lipinski definition) is 4. The minimum absolute atomic E-state index is 0.224. The highest BCUT2D eigenvalue weighted by Crippen LogP contribution is 2.24. The second kappa shape index (κ2) is 5.09. The Labute approximate surface area is 122 Å². The number of amides is 1. The highest BCUT2D eigenvalue weighted by Gasteiger charge is 2.13. The van der Waals surface area contributed by atoms with Crippen molar-refractivity contribution < 1.29 is 13.6 Å². The summed E-state index contributed by atoms with van der Waals surface area (Å²) in [5.41, 5.74) is 2.10. The molecule has 2 aromatic heterocycles. The second-order valence-electron chi connectivity index (χ2n) is 5.25. The summed E-state index contributed by atoms with van der Waals surface area (Å²) in [6.45, 7) is 5.84. The van der Waals surface area contributed by atoms with E-state index in [1.165, 1.54) is 0 Å². The summed E-state index contributed by atoms with van der Waals surface area (Å²) in [7, 11) is 0. The van der Waals surface area contributed by atoms with E-state index >= 15 is 0 Å². The number of oxazole rings is 1. The van der Waals surface area contributed by atoms with Crippen molar-refractivity contribution in [2.24, 2.45) is 0 Å². The number of anilines is 1. The van der Waals surface area contributed by atoms with Crippen LogP contribution in [0.3, 0.4) is 0 Å². The summed E-state index contributed by atoms with van der Waals surface area (Å²) >= 11 is 0. The van der Waals surface area contributed by atoms with Crippen LogP contribution in [0, 0.1) is 6.92 Å². The molecule has 108 valence electrons. The molecule has 0 unspecified atom stereocenters. The third-order valence-corrected chi connectivity index (χ3v) is 3.12. The first-order chi connectivity index (χ1) is 10.0. The maximum atomic E-state index is 12.0. The van der Waals surface area contributed by atoms with Gasteiger partial charge >= 0.3 is 0 Å². The van der Waals surface area contributed by atoms with Crippen LogP contribution in [0.1, 0.15) is 42.0 Å². The van der Waals surface area contributed by atoms with Gasteiger partial charge in [-0.2, -0.15) is 0 Å². The molecule has 5 nitrogen and oxygen atoms in total. The Hall–Kier alpha value is -2.56. The van der Waals surface area contributed by atoms with Crippen molar-refractivity contribution >= 4 is 22.7 Å². The first-order valence-electron chi connectivity index (χ1n) is 6.81. The zero-order chi connectivity index (χ0) is 15.0. The van der Waals surface area contributed by atoms with E-state index in [2.05, 4.69) is 10.3 Å². The first kappa shape index (κ1) is 13.4. The van der Waals surface area contributed by atoms with Gasteiger partial charge in [0.1, 0.15) is 11.3 Å². The van der Waals surface area contributed by atoms with Gasteiger partial charge in [-0.1, -0.05) is 13.8 Å². The smallest absolute Gasteiger partial charge is 0.291 e. The number of aromatic nitrogens is 1. The zero-order valence-electron chi connectivity index (χ0n) is 12.1. The summed E-state index contributed by atoms with van der Waals surface area (Å²) in [5.74, 6) is 1.62. The van der Waals surface area contributed by atoms with Crippen LogP contribution in [0.25, 0.3) is 11.1 Å². The van der Waals surface area contributed by atoms with E-state index in [4.69, 9.17) is 8.83 Å². The van der Waals surface area contributed by atoms with E-state index in [1.807, 2.05) is 13.8 Å². The number of aryl methyl sites for hydroxylation is 1. The largest absolute Gasteiger partial charge is 0.456 e. The van der Waals surface area contributed by atoms with Crippen LogP contribution in [0.2, 0.25) is 0 Å². The Morgan fingerprint density at radius 1 is 1.19 bits per heavy atom. The normalized spacial score (nSPS) is 11.2. The highest BCUT2D eigenvalue weighted by atomic mass is 16.4. The monoisotopic (exact) mass is 284 g/mol. The van der Waals surface area contributed by atoms with E-state index in [1.54, 1.807) is 37.3 Å². The van der Waals surface area contributed by atoms with Crippen LogP contribution >= 0.6 is 0 Å². The van der Waals surface area contributed by atoms with E-state index in [0.29, 0.717) is 22.9 Å². The molecule has 0 radical (unpaired) electrons. The topological polar surface area (TPSA) is 68.3 Å². The maximum Gasteiger partial charge on any atom is 0.291 e. The zero-order valence-corrected chi connectivity index (χ0v) is 12.1. The Morgan fingerprint density at radius 2 is 2.00 bits per heavy atom. The third kappa shape index (κ3) is 2.67. The molecule has 21 heavy (non-hydrogen) atoms. The number of fused-ring (bicyclic) bond motifs is 1. The highest BCUT2D eigenvalue weighted by molar-refractivity contribution is 6.03. The number of nitrogens with one attached hydrogen (secondary N) is 1. The lowest BCUT2D eigenvalue weighted by atomic mass is 10.2. The number of rotatable bonds is 3. The molecule has 0 bridgehead atoms. The van der Waals surface area contributed by atoms with Crippen molar-refractivity contribution in [2.75, 3.05) is 5.32 Å². The summed E-state index contributed by atoms with van der Waals surface area (Å²) in [4.78, 5) is 16.4. The molecule has 0 spiro atoms. The molecule has 0 aliphatic carbocycles. The summed E-state index contributed by atoms with van der Waals surface area (Å²) < 4.78 is 10.9. The lowest BCUT2D eigenvalue weighted by Gasteiger charge is -2.02. The van der Waals surface area contributed by atoms with Gasteiger partial charge in [-0.3, -0.25) is 4.79 Å². The van der Waals surface area contributed by atoms with Crippen molar-refractivity contribution in [3.63, 3.8) is 0 Å². The number of nitrogens with zero attached hydrogens (tertiary/aromatic N) is 1. The van der Waals surface area contributed by atoms with Crippen LogP contribution in [0.15, 0.2) is 39.2 Å². The van der Waals surface area contributed by atoms with Gasteiger partial charge in [0.25, 0.3) is 5.91 Å². The quantitative estimate of drug-likeness (QED) is 0.786. The molecule has 1 aromatic carbocycles. The molecule has 0 saturated carbocycles. The standard InChI is InChI=1S/C16H16N2O3/c1-9(2)16-18-12-8-11(5-7-13(12)21-16)17-15(19)14-6-4-10(3)20-14/h4-9H,1-3H3,(H,17,19). The number of carbonyl (C=O) groups excluding carboxylic acids is 1. The third-order valence-electron chi connectivity index (χ3n) is 3.12. The van der Waals surface area contributed by atoms with Crippen LogP contribution in [-0.4, -0.2) is 10.9 Å². The van der Waals surface area contributed by atoms with Crippen LogP contribution in [-0.2, 0) is 0 Å². The fourth-order valence-electron chi connectivity index (χ4n) is 2.02. The predicted octanol–water partition coefficient (Wildman–Crippen LogP) is 4.10. The van der Waals surface area contributed by atoms with Crippen molar-refractivity contribution in [1.29, 1.82) is 0 Å². The summed E-state index contributed by atoms with van der Waals surface area (Å²) in [5, 5.41) is 2.79. The first-order valence-corrected chi connectivity index (χ1v) is 6.81. The number of furan rings is 1. The number of hydrogen-bond donors (Lipinski definition) is 1. The molecule has 1 amide bonds. The number of benzene rings is 1. The maximum absolute atomic E-state index is 12.0. The van der Waals surface area contributed by atoms with Gasteiger partial charge in [-0.15, -0.1) is 0 Å². The molecule has 1 N–H and O–H groups in total. The average Bonchev–Trinajstić information content (AvgIpc) is 3.04. The molecule has 5 heteroatoms. The van der Waals surface area contributed by atoms with Gasteiger partial charge in [0.05, 0.1) is 0 Å². The van der Waals surface area contributed by atoms with Crippen molar-refractivity contribution in [1.82, 2.24) is 4.98 Å². The Balaban J connectivity index is 1.85. The van der Waals surface area contributed by atoms with E-state index in [9.17, 15) is 4.79 Å². The minimum atomic E-state index is -0.282. The molecule has 3 aromatic rings. The fraction of sp³-hybridized carbons (Fsp3) is 0.250. The minimum Gasteiger partial charge on any atom is -0.456 e. The fourth-order valence-corrected chi connectivity index (χ4v) is 2.02. The predicted molar refractivity (Wildman–Crippen MR) is 79.5 cm³/mol. The van der Waals surface area contributed by atoms with Gasteiger partial charge in [-0.05, 0) is 37.3 Å². The lowest BCUT2D eigenvalue weighted by Crippen LogP contribution is -2.10. The Morgan fingerprint density at radius 3 is 2.67 bits per heavy atom. The van der Waals surface area contributed by atoms with Gasteiger partial charge in [0.15, 0.2) is 17.2 Å². The summed E-state index contributed by atoms with van der Waals surface area (Å²) in [6.07, 6.45) is 0. The van der Waals surface area contributed by atoms with Crippen molar-refractivity contribution in [3.05, 3.63) is 47.7 Å². The van der Waals surface area contributed by atoms with Crippen LogP contribution in [0.5, 0.6) is 0 Å². The lowest BCUT2D eigenvalue weighted by molar-refractivity contribution is 0.0995. The van der Waals surface area contributed by atoms with E-state index in [0.717, 1.165) is 5.52 Å². The molecule has 0 fully saturated rings. The van der Waals surface area contributed by atoms with Gasteiger partial charge in [0.2, 0.25) is 0 Å². The van der Waals surface area contributed by atoms with E-state index in [-0.39, 0.29) is 17.6 Å². The van der Waals surface area contributed by atoms with Gasteiger partial charge < -0.3 is 14.2 Å². The van der Waals surface area contributed by atoms with Crippen LogP contribution in [0.4, 0.5) is 5.69 Å². The van der Waals surface area contributed by atoms with E-state index < -0.39 is 0 Å². The second-order valence-corrected chi connectivity index (χ2v) is 5.25. The average molecular weight is 284 g/mol. The molecule has 0 aliphatic heterocycles.